The summed E-state index contributed by atoms with van der Waals surface area (Å²) in [5, 5.41) is 14.1. The number of hydrogen-bond donors (Lipinski definition) is 2. The van der Waals surface area contributed by atoms with Gasteiger partial charge in [-0.15, -0.1) is 12.4 Å². The van der Waals surface area contributed by atoms with Crippen LogP contribution in [0.4, 0.5) is 0 Å². The van der Waals surface area contributed by atoms with Crippen molar-refractivity contribution < 1.29 is 4.79 Å². The standard InChI is InChI=1S/C20H18ClN5O.ClH/c1-12-18(9-14-3-5-15(6-4-14)20(27)24-23)13(2)26(25-12)17-8-7-16(11-22)19(21)10-17;/h3-8,10H,9,23H2,1-2H3,(H,24,27);1H. The quantitative estimate of drug-likeness (QED) is 0.386. The monoisotopic (exact) mass is 415 g/mol. The maximum Gasteiger partial charge on any atom is 0.265 e. The Balaban J connectivity index is 0.00000280. The summed E-state index contributed by atoms with van der Waals surface area (Å²) in [5.41, 5.74) is 7.95. The van der Waals surface area contributed by atoms with Crippen LogP contribution in [-0.2, 0) is 6.42 Å². The van der Waals surface area contributed by atoms with Gasteiger partial charge < -0.3 is 0 Å². The highest BCUT2D eigenvalue weighted by molar-refractivity contribution is 6.31. The average Bonchev–Trinajstić information content (AvgIpc) is 2.96. The highest BCUT2D eigenvalue weighted by Gasteiger charge is 2.14. The molecular weight excluding hydrogens is 397 g/mol. The van der Waals surface area contributed by atoms with E-state index in [0.717, 1.165) is 28.2 Å². The molecule has 0 saturated heterocycles. The number of nitriles is 1. The van der Waals surface area contributed by atoms with Crippen molar-refractivity contribution in [2.75, 3.05) is 0 Å². The van der Waals surface area contributed by atoms with Crippen LogP contribution in [-0.4, -0.2) is 15.7 Å². The van der Waals surface area contributed by atoms with Gasteiger partial charge in [0, 0.05) is 23.2 Å². The molecule has 3 N–H and O–H groups in total. The molecule has 0 aliphatic carbocycles. The first-order chi connectivity index (χ1) is 12.9. The van der Waals surface area contributed by atoms with Gasteiger partial charge in [-0.05, 0) is 49.7 Å². The minimum absolute atomic E-state index is 0. The SMILES string of the molecule is Cc1nn(-c2ccc(C#N)c(Cl)c2)c(C)c1Cc1ccc(C(=O)NN)cc1.Cl. The lowest BCUT2D eigenvalue weighted by molar-refractivity contribution is 0.0953. The fraction of sp³-hybridized carbons (Fsp3) is 0.150. The van der Waals surface area contributed by atoms with Gasteiger partial charge in [0.25, 0.3) is 5.91 Å². The third-order valence-electron chi connectivity index (χ3n) is 4.49. The Hall–Kier alpha value is -2.85. The molecule has 0 unspecified atom stereocenters. The predicted molar refractivity (Wildman–Crippen MR) is 111 cm³/mol. The van der Waals surface area contributed by atoms with Crippen LogP contribution in [0.2, 0.25) is 5.02 Å². The highest BCUT2D eigenvalue weighted by Crippen LogP contribution is 2.24. The maximum absolute atomic E-state index is 11.5. The van der Waals surface area contributed by atoms with Crippen LogP contribution < -0.4 is 11.3 Å². The van der Waals surface area contributed by atoms with Gasteiger partial charge in [0.2, 0.25) is 0 Å². The smallest absolute Gasteiger partial charge is 0.265 e. The molecule has 1 aromatic heterocycles. The third kappa shape index (κ3) is 4.18. The number of halogens is 2. The molecule has 28 heavy (non-hydrogen) atoms. The number of hydrazine groups is 1. The molecule has 0 fully saturated rings. The number of aryl methyl sites for hydroxylation is 1. The number of benzene rings is 2. The lowest BCUT2D eigenvalue weighted by Crippen LogP contribution is -2.29. The van der Waals surface area contributed by atoms with Crippen LogP contribution in [0.15, 0.2) is 42.5 Å². The van der Waals surface area contributed by atoms with E-state index < -0.39 is 0 Å². The van der Waals surface area contributed by atoms with Crippen molar-refractivity contribution in [3.05, 3.63) is 81.1 Å². The Morgan fingerprint density at radius 1 is 1.25 bits per heavy atom. The van der Waals surface area contributed by atoms with Gasteiger partial charge >= 0.3 is 0 Å². The minimum Gasteiger partial charge on any atom is -0.290 e. The Kier molecular flexibility index (Phi) is 6.81. The number of hydrogen-bond acceptors (Lipinski definition) is 4. The Morgan fingerprint density at radius 2 is 1.93 bits per heavy atom. The number of nitrogens with two attached hydrogens (primary N) is 1. The van der Waals surface area contributed by atoms with Gasteiger partial charge in [-0.3, -0.25) is 10.2 Å². The molecule has 6 nitrogen and oxygen atoms in total. The second-order valence-corrected chi connectivity index (χ2v) is 6.59. The molecule has 0 saturated carbocycles. The number of carbonyl (C=O) groups excluding carboxylic acids is 1. The Bertz CT molecular complexity index is 1050. The fourth-order valence-corrected chi connectivity index (χ4v) is 3.19. The second kappa shape index (κ2) is 8.89. The van der Waals surface area contributed by atoms with E-state index in [0.29, 0.717) is 22.6 Å². The van der Waals surface area contributed by atoms with E-state index in [1.54, 1.807) is 24.3 Å². The molecule has 144 valence electrons. The molecule has 0 aliphatic heterocycles. The van der Waals surface area contributed by atoms with Crippen LogP contribution in [0.25, 0.3) is 5.69 Å². The summed E-state index contributed by atoms with van der Waals surface area (Å²) in [4.78, 5) is 11.5. The van der Waals surface area contributed by atoms with E-state index in [9.17, 15) is 4.79 Å². The van der Waals surface area contributed by atoms with Gasteiger partial charge in [-0.1, -0.05) is 23.7 Å². The summed E-state index contributed by atoms with van der Waals surface area (Å²) in [5.74, 6) is 4.83. The first-order valence-corrected chi connectivity index (χ1v) is 8.67. The number of rotatable bonds is 4. The van der Waals surface area contributed by atoms with E-state index in [-0.39, 0.29) is 18.3 Å². The summed E-state index contributed by atoms with van der Waals surface area (Å²) < 4.78 is 1.83. The molecule has 1 heterocycles. The maximum atomic E-state index is 11.5. The van der Waals surface area contributed by atoms with Crippen LogP contribution in [0.3, 0.4) is 0 Å². The summed E-state index contributed by atoms with van der Waals surface area (Å²) >= 11 is 6.16. The topological polar surface area (TPSA) is 96.7 Å². The Labute approximate surface area is 174 Å². The highest BCUT2D eigenvalue weighted by atomic mass is 35.5. The molecule has 2 aromatic carbocycles. The lowest BCUT2D eigenvalue weighted by Gasteiger charge is -2.07. The zero-order chi connectivity index (χ0) is 19.6. The molecule has 0 atom stereocenters. The first kappa shape index (κ1) is 21.5. The second-order valence-electron chi connectivity index (χ2n) is 6.18. The minimum atomic E-state index is -0.320. The average molecular weight is 416 g/mol. The summed E-state index contributed by atoms with van der Waals surface area (Å²) in [6.45, 7) is 3.96. The van der Waals surface area contributed by atoms with Crippen LogP contribution in [0.1, 0.15) is 38.4 Å². The van der Waals surface area contributed by atoms with Crippen molar-refractivity contribution in [3.8, 4) is 11.8 Å². The molecule has 0 aliphatic rings. The molecule has 1 amide bonds. The van der Waals surface area contributed by atoms with E-state index in [1.165, 1.54) is 0 Å². The predicted octanol–water partition coefficient (Wildman–Crippen LogP) is 3.63. The number of nitrogens with one attached hydrogen (secondary N) is 1. The Morgan fingerprint density at radius 3 is 2.50 bits per heavy atom. The van der Waals surface area contributed by atoms with E-state index in [4.69, 9.17) is 22.7 Å². The van der Waals surface area contributed by atoms with E-state index >= 15 is 0 Å². The van der Waals surface area contributed by atoms with Gasteiger partial charge in [0.1, 0.15) is 6.07 Å². The van der Waals surface area contributed by atoms with Gasteiger partial charge in [0.15, 0.2) is 0 Å². The van der Waals surface area contributed by atoms with Gasteiger partial charge in [-0.2, -0.15) is 10.4 Å². The lowest BCUT2D eigenvalue weighted by atomic mass is 10.0. The van der Waals surface area contributed by atoms with Crippen LogP contribution in [0.5, 0.6) is 0 Å². The normalized spacial score (nSPS) is 10.1. The van der Waals surface area contributed by atoms with Crippen LogP contribution in [0, 0.1) is 25.2 Å². The first-order valence-electron chi connectivity index (χ1n) is 8.29. The van der Waals surface area contributed by atoms with Crippen molar-refractivity contribution in [3.63, 3.8) is 0 Å². The van der Waals surface area contributed by atoms with Crippen molar-refractivity contribution >= 4 is 29.9 Å². The number of nitrogen functional groups attached to an aromatic ring is 1. The zero-order valence-corrected chi connectivity index (χ0v) is 16.9. The molecule has 0 spiro atoms. The summed E-state index contributed by atoms with van der Waals surface area (Å²) in [6, 6.07) is 14.6. The molecule has 3 aromatic rings. The number of amides is 1. The zero-order valence-electron chi connectivity index (χ0n) is 15.4. The van der Waals surface area contributed by atoms with Crippen molar-refractivity contribution in [1.82, 2.24) is 15.2 Å². The van der Waals surface area contributed by atoms with Crippen molar-refractivity contribution in [1.29, 1.82) is 5.26 Å². The molecule has 0 radical (unpaired) electrons. The van der Waals surface area contributed by atoms with Crippen molar-refractivity contribution in [2.24, 2.45) is 5.84 Å². The van der Waals surface area contributed by atoms with E-state index in [1.807, 2.05) is 36.7 Å². The van der Waals surface area contributed by atoms with Gasteiger partial charge in [0.05, 0.1) is 22.0 Å². The summed E-state index contributed by atoms with van der Waals surface area (Å²) in [6.07, 6.45) is 0.687. The van der Waals surface area contributed by atoms with Crippen molar-refractivity contribution in [2.45, 2.75) is 20.3 Å². The molecule has 8 heteroatoms. The largest absolute Gasteiger partial charge is 0.290 e. The number of nitrogens with zero attached hydrogens (tertiary/aromatic N) is 3. The van der Waals surface area contributed by atoms with E-state index in [2.05, 4.69) is 16.6 Å². The summed E-state index contributed by atoms with van der Waals surface area (Å²) in [7, 11) is 0. The molecular formula is C20H19Cl2N5O. The van der Waals surface area contributed by atoms with Gasteiger partial charge in [-0.25, -0.2) is 10.5 Å². The van der Waals surface area contributed by atoms with Crippen LogP contribution >= 0.6 is 24.0 Å². The number of carbonyl (C=O) groups is 1. The number of aromatic nitrogens is 2. The molecule has 3 rings (SSSR count). The molecule has 0 bridgehead atoms. The fourth-order valence-electron chi connectivity index (χ4n) is 2.97. The third-order valence-corrected chi connectivity index (χ3v) is 4.80.